The number of carbonyl (C=O) groups excluding carboxylic acids is 1. The molecule has 0 fully saturated rings. The van der Waals surface area contributed by atoms with Crippen LogP contribution in [0, 0.1) is 5.92 Å². The first-order valence-electron chi connectivity index (χ1n) is 6.40. The molecule has 1 aromatic carbocycles. The second-order valence-electron chi connectivity index (χ2n) is 4.58. The first-order valence-corrected chi connectivity index (χ1v) is 6.78. The van der Waals surface area contributed by atoms with Crippen molar-refractivity contribution < 1.29 is 9.53 Å². The Balaban J connectivity index is 2.69. The fourth-order valence-electron chi connectivity index (χ4n) is 1.62. The smallest absolute Gasteiger partial charge is 0.223 e. The summed E-state index contributed by atoms with van der Waals surface area (Å²) in [6.07, 6.45) is 0. The number of rotatable bonds is 7. The molecule has 19 heavy (non-hydrogen) atoms. The first kappa shape index (κ1) is 15.8. The number of halogens is 1. The van der Waals surface area contributed by atoms with Gasteiger partial charge in [0, 0.05) is 6.04 Å². The molecule has 5 heteroatoms. The van der Waals surface area contributed by atoms with E-state index in [1.807, 2.05) is 18.2 Å². The fraction of sp³-hybridized carbons (Fsp3) is 0.500. The summed E-state index contributed by atoms with van der Waals surface area (Å²) >= 11 is 6.17. The van der Waals surface area contributed by atoms with E-state index in [0.717, 1.165) is 12.1 Å². The summed E-state index contributed by atoms with van der Waals surface area (Å²) in [6.45, 7) is 6.98. The molecule has 0 heterocycles. The van der Waals surface area contributed by atoms with Crippen molar-refractivity contribution >= 4 is 17.5 Å². The van der Waals surface area contributed by atoms with E-state index in [1.54, 1.807) is 6.92 Å². The largest absolute Gasteiger partial charge is 0.491 e. The molecule has 0 aliphatic rings. The molecule has 0 spiro atoms. The van der Waals surface area contributed by atoms with Crippen molar-refractivity contribution in [2.45, 2.75) is 26.8 Å². The molecule has 0 aliphatic heterocycles. The zero-order chi connectivity index (χ0) is 14.4. The second kappa shape index (κ2) is 7.36. The average molecular weight is 285 g/mol. The molecule has 0 saturated carbocycles. The predicted molar refractivity (Wildman–Crippen MR) is 77.4 cm³/mol. The lowest BCUT2D eigenvalue weighted by molar-refractivity contribution is -0.122. The van der Waals surface area contributed by atoms with E-state index >= 15 is 0 Å². The Morgan fingerprint density at radius 1 is 1.47 bits per heavy atom. The van der Waals surface area contributed by atoms with Crippen LogP contribution in [0.5, 0.6) is 5.75 Å². The van der Waals surface area contributed by atoms with Gasteiger partial charge in [0.25, 0.3) is 0 Å². The number of nitrogens with two attached hydrogens (primary N) is 1. The topological polar surface area (TPSA) is 64.3 Å². The minimum Gasteiger partial charge on any atom is -0.491 e. The van der Waals surface area contributed by atoms with Gasteiger partial charge in [-0.1, -0.05) is 31.5 Å². The quantitative estimate of drug-likeness (QED) is 0.809. The molecule has 0 bridgehead atoms. The van der Waals surface area contributed by atoms with Crippen molar-refractivity contribution in [1.82, 2.24) is 5.32 Å². The second-order valence-corrected chi connectivity index (χ2v) is 4.99. The standard InChI is InChI=1S/C14H21ClN2O2/c1-4-17-10(3)11-5-6-13(12(15)7-11)19-8-9(2)14(16)18/h5-7,9-10,17H,4,8H2,1-3H3,(H2,16,18). The van der Waals surface area contributed by atoms with Crippen molar-refractivity contribution in [3.8, 4) is 5.75 Å². The molecule has 1 rings (SSSR count). The number of nitrogens with one attached hydrogen (secondary N) is 1. The summed E-state index contributed by atoms with van der Waals surface area (Å²) in [5.41, 5.74) is 6.27. The van der Waals surface area contributed by atoms with Crippen LogP contribution in [0.4, 0.5) is 0 Å². The minimum absolute atomic E-state index is 0.233. The van der Waals surface area contributed by atoms with Gasteiger partial charge < -0.3 is 15.8 Å². The summed E-state index contributed by atoms with van der Waals surface area (Å²) in [5.74, 6) is -0.146. The molecule has 0 aromatic heterocycles. The van der Waals surface area contributed by atoms with Gasteiger partial charge in [-0.2, -0.15) is 0 Å². The molecule has 0 radical (unpaired) electrons. The summed E-state index contributed by atoms with van der Waals surface area (Å²) < 4.78 is 5.50. The lowest BCUT2D eigenvalue weighted by atomic mass is 10.1. The number of primary amides is 1. The normalized spacial score (nSPS) is 13.9. The molecule has 2 atom stereocenters. The highest BCUT2D eigenvalue weighted by atomic mass is 35.5. The highest BCUT2D eigenvalue weighted by Crippen LogP contribution is 2.28. The summed E-state index contributed by atoms with van der Waals surface area (Å²) in [4.78, 5) is 10.9. The fourth-order valence-corrected chi connectivity index (χ4v) is 1.87. The van der Waals surface area contributed by atoms with E-state index in [4.69, 9.17) is 22.1 Å². The number of hydrogen-bond donors (Lipinski definition) is 2. The van der Waals surface area contributed by atoms with Crippen LogP contribution in [0.2, 0.25) is 5.02 Å². The maximum Gasteiger partial charge on any atom is 0.223 e. The molecule has 1 amide bonds. The van der Waals surface area contributed by atoms with Crippen LogP contribution >= 0.6 is 11.6 Å². The monoisotopic (exact) mass is 284 g/mol. The highest BCUT2D eigenvalue weighted by molar-refractivity contribution is 6.32. The Morgan fingerprint density at radius 3 is 2.68 bits per heavy atom. The predicted octanol–water partition coefficient (Wildman–Crippen LogP) is 2.51. The van der Waals surface area contributed by atoms with Crippen LogP contribution in [0.3, 0.4) is 0 Å². The third kappa shape index (κ3) is 4.73. The molecule has 3 N–H and O–H groups in total. The van der Waals surface area contributed by atoms with E-state index < -0.39 is 0 Å². The van der Waals surface area contributed by atoms with Gasteiger partial charge in [0.1, 0.15) is 5.75 Å². The SMILES string of the molecule is CCNC(C)c1ccc(OCC(C)C(N)=O)c(Cl)c1. The number of benzene rings is 1. The van der Waals surface area contributed by atoms with E-state index in [1.165, 1.54) is 0 Å². The Bertz CT molecular complexity index is 437. The molecular weight excluding hydrogens is 264 g/mol. The van der Waals surface area contributed by atoms with Crippen molar-refractivity contribution in [3.05, 3.63) is 28.8 Å². The summed E-state index contributed by atoms with van der Waals surface area (Å²) in [7, 11) is 0. The van der Waals surface area contributed by atoms with Crippen LogP contribution < -0.4 is 15.8 Å². The van der Waals surface area contributed by atoms with E-state index in [2.05, 4.69) is 19.2 Å². The molecule has 2 unspecified atom stereocenters. The van der Waals surface area contributed by atoms with Crippen LogP contribution in [-0.4, -0.2) is 19.1 Å². The number of ether oxygens (including phenoxy) is 1. The average Bonchev–Trinajstić information content (AvgIpc) is 2.36. The molecule has 0 saturated heterocycles. The Morgan fingerprint density at radius 2 is 2.16 bits per heavy atom. The Labute approximate surface area is 119 Å². The lowest BCUT2D eigenvalue weighted by Crippen LogP contribution is -2.25. The van der Waals surface area contributed by atoms with E-state index in [-0.39, 0.29) is 24.5 Å². The summed E-state index contributed by atoms with van der Waals surface area (Å²) in [5, 5.41) is 3.85. The summed E-state index contributed by atoms with van der Waals surface area (Å²) in [6, 6.07) is 5.89. The van der Waals surface area contributed by atoms with E-state index in [9.17, 15) is 4.79 Å². The van der Waals surface area contributed by atoms with Gasteiger partial charge in [-0.05, 0) is 31.2 Å². The van der Waals surface area contributed by atoms with E-state index in [0.29, 0.717) is 10.8 Å². The van der Waals surface area contributed by atoms with Crippen molar-refractivity contribution in [1.29, 1.82) is 0 Å². The number of carbonyl (C=O) groups is 1. The van der Waals surface area contributed by atoms with Crippen LogP contribution in [-0.2, 0) is 4.79 Å². The molecule has 106 valence electrons. The minimum atomic E-state index is -0.381. The number of hydrogen-bond acceptors (Lipinski definition) is 3. The van der Waals surface area contributed by atoms with Crippen LogP contribution in [0.15, 0.2) is 18.2 Å². The maximum atomic E-state index is 10.9. The van der Waals surface area contributed by atoms with Gasteiger partial charge in [0.2, 0.25) is 5.91 Å². The van der Waals surface area contributed by atoms with Gasteiger partial charge in [-0.15, -0.1) is 0 Å². The van der Waals surface area contributed by atoms with Gasteiger partial charge in [0.05, 0.1) is 17.5 Å². The van der Waals surface area contributed by atoms with Crippen molar-refractivity contribution in [3.63, 3.8) is 0 Å². The highest BCUT2D eigenvalue weighted by Gasteiger charge is 2.12. The zero-order valence-electron chi connectivity index (χ0n) is 11.6. The lowest BCUT2D eigenvalue weighted by Gasteiger charge is -2.15. The third-order valence-corrected chi connectivity index (χ3v) is 3.24. The molecule has 0 aliphatic carbocycles. The van der Waals surface area contributed by atoms with Crippen molar-refractivity contribution in [2.24, 2.45) is 11.7 Å². The third-order valence-electron chi connectivity index (χ3n) is 2.94. The van der Waals surface area contributed by atoms with Crippen LogP contribution in [0.25, 0.3) is 0 Å². The van der Waals surface area contributed by atoms with Crippen LogP contribution in [0.1, 0.15) is 32.4 Å². The molecule has 4 nitrogen and oxygen atoms in total. The van der Waals surface area contributed by atoms with Gasteiger partial charge in [-0.3, -0.25) is 4.79 Å². The zero-order valence-corrected chi connectivity index (χ0v) is 12.3. The molecule has 1 aromatic rings. The van der Waals surface area contributed by atoms with Crippen molar-refractivity contribution in [2.75, 3.05) is 13.2 Å². The maximum absolute atomic E-state index is 10.9. The van der Waals surface area contributed by atoms with Gasteiger partial charge >= 0.3 is 0 Å². The Kier molecular flexibility index (Phi) is 6.12. The molecular formula is C14H21ClN2O2. The Hall–Kier alpha value is -1.26. The number of amides is 1. The first-order chi connectivity index (χ1) is 8.95. The van der Waals surface area contributed by atoms with Gasteiger partial charge in [-0.25, -0.2) is 0 Å². The van der Waals surface area contributed by atoms with Gasteiger partial charge in [0.15, 0.2) is 0 Å².